The van der Waals surface area contributed by atoms with E-state index in [1.54, 1.807) is 12.1 Å². The minimum atomic E-state index is -0.557. The molecule has 0 radical (unpaired) electrons. The summed E-state index contributed by atoms with van der Waals surface area (Å²) in [5.74, 6) is 0.586. The normalized spacial score (nSPS) is 20.7. The number of benzene rings is 1. The molecule has 0 bridgehead atoms. The average molecular weight is 302 g/mol. The van der Waals surface area contributed by atoms with E-state index in [2.05, 4.69) is 24.6 Å². The molecule has 3 N–H and O–H groups in total. The van der Waals surface area contributed by atoms with Crippen LogP contribution in [0, 0.1) is 11.3 Å². The number of nitrogens with zero attached hydrogens (tertiary/aromatic N) is 1. The van der Waals surface area contributed by atoms with Crippen LogP contribution in [-0.4, -0.2) is 28.7 Å². The highest BCUT2D eigenvalue weighted by molar-refractivity contribution is 6.05. The summed E-state index contributed by atoms with van der Waals surface area (Å²) in [4.78, 5) is 22.6. The van der Waals surface area contributed by atoms with Crippen LogP contribution >= 0.6 is 0 Å². The first-order valence-corrected chi connectivity index (χ1v) is 7.34. The zero-order valence-corrected chi connectivity index (χ0v) is 13.1. The Morgan fingerprint density at radius 1 is 1.41 bits per heavy atom. The van der Waals surface area contributed by atoms with E-state index in [-0.39, 0.29) is 11.7 Å². The van der Waals surface area contributed by atoms with Gasteiger partial charge in [0.15, 0.2) is 0 Å². The Bertz CT molecular complexity index is 582. The van der Waals surface area contributed by atoms with Gasteiger partial charge in [-0.3, -0.25) is 15.0 Å². The summed E-state index contributed by atoms with van der Waals surface area (Å²) in [6.45, 7) is 6.02. The Balaban J connectivity index is 1.94. The van der Waals surface area contributed by atoms with Crippen molar-refractivity contribution in [2.45, 2.75) is 39.2 Å². The third kappa shape index (κ3) is 3.33. The lowest BCUT2D eigenvalue weighted by Gasteiger charge is -2.48. The summed E-state index contributed by atoms with van der Waals surface area (Å²) in [5.41, 5.74) is 4.14. The molecule has 0 aromatic heterocycles. The fourth-order valence-corrected chi connectivity index (χ4v) is 2.74. The Labute approximate surface area is 130 Å². The van der Waals surface area contributed by atoms with Crippen molar-refractivity contribution < 1.29 is 9.59 Å². The lowest BCUT2D eigenvalue weighted by atomic mass is 9.87. The lowest BCUT2D eigenvalue weighted by Crippen LogP contribution is -2.76. The predicted octanol–water partition coefficient (Wildman–Crippen LogP) is 1.93. The summed E-state index contributed by atoms with van der Waals surface area (Å²) in [6.07, 6.45) is 1.73. The van der Waals surface area contributed by atoms with Crippen LogP contribution in [0.1, 0.15) is 32.8 Å². The van der Waals surface area contributed by atoms with Crippen LogP contribution in [0.2, 0.25) is 0 Å². The van der Waals surface area contributed by atoms with Crippen LogP contribution in [0.4, 0.5) is 5.69 Å². The first kappa shape index (κ1) is 16.2. The molecule has 1 saturated heterocycles. The molecular formula is C16H22N4O2. The van der Waals surface area contributed by atoms with Crippen molar-refractivity contribution in [1.82, 2.24) is 10.4 Å². The number of carbonyl (C=O) groups excluding carboxylic acids is 2. The molecule has 22 heavy (non-hydrogen) atoms. The quantitative estimate of drug-likeness (QED) is 0.426. The third-order valence-electron chi connectivity index (χ3n) is 3.67. The molecule has 0 saturated carbocycles. The molecule has 1 fully saturated rings. The molecule has 1 aliphatic rings. The number of carbonyl (C=O) groups is 2. The van der Waals surface area contributed by atoms with Gasteiger partial charge < -0.3 is 5.32 Å². The number of nitrogens with one attached hydrogen (secondary N) is 3. The second kappa shape index (κ2) is 6.27. The molecule has 1 aromatic rings. The average Bonchev–Trinajstić information content (AvgIpc) is 2.46. The molecule has 1 aliphatic heterocycles. The Morgan fingerprint density at radius 3 is 2.55 bits per heavy atom. The van der Waals surface area contributed by atoms with Crippen molar-refractivity contribution in [1.29, 1.82) is 5.41 Å². The number of hydrogen-bond donors (Lipinski definition) is 3. The van der Waals surface area contributed by atoms with Gasteiger partial charge in [0.25, 0.3) is 5.91 Å². The van der Waals surface area contributed by atoms with Gasteiger partial charge in [-0.25, -0.2) is 10.4 Å². The van der Waals surface area contributed by atoms with Crippen LogP contribution in [0.25, 0.3) is 0 Å². The summed E-state index contributed by atoms with van der Waals surface area (Å²) in [5, 5.41) is 12.0. The second-order valence-corrected chi connectivity index (χ2v) is 6.27. The Hall–Kier alpha value is -2.21. The van der Waals surface area contributed by atoms with E-state index in [1.807, 2.05) is 19.1 Å². The zero-order chi connectivity index (χ0) is 16.3. The molecule has 1 unspecified atom stereocenters. The van der Waals surface area contributed by atoms with Crippen molar-refractivity contribution in [3.05, 3.63) is 29.8 Å². The minimum absolute atomic E-state index is 0.0505. The van der Waals surface area contributed by atoms with E-state index < -0.39 is 5.54 Å². The van der Waals surface area contributed by atoms with Gasteiger partial charge in [-0.1, -0.05) is 26.0 Å². The molecule has 1 aromatic carbocycles. The van der Waals surface area contributed by atoms with Gasteiger partial charge in [0, 0.05) is 12.1 Å². The maximum absolute atomic E-state index is 12.3. The summed E-state index contributed by atoms with van der Waals surface area (Å²) < 4.78 is 0. The SMILES string of the molecule is CC(C)CC1(C)NN(C(=N)Cc2ccc(NC=O)cc2)C1=O. The fourth-order valence-electron chi connectivity index (χ4n) is 2.74. The van der Waals surface area contributed by atoms with E-state index in [1.165, 1.54) is 5.01 Å². The van der Waals surface area contributed by atoms with Gasteiger partial charge in [-0.05, 0) is 37.0 Å². The van der Waals surface area contributed by atoms with E-state index in [9.17, 15) is 9.59 Å². The molecule has 2 amide bonds. The van der Waals surface area contributed by atoms with Crippen LogP contribution in [0.5, 0.6) is 0 Å². The highest BCUT2D eigenvalue weighted by Gasteiger charge is 2.49. The fraction of sp³-hybridized carbons (Fsp3) is 0.438. The van der Waals surface area contributed by atoms with Crippen molar-refractivity contribution >= 4 is 23.8 Å². The maximum Gasteiger partial charge on any atom is 0.264 e. The molecule has 6 nitrogen and oxygen atoms in total. The van der Waals surface area contributed by atoms with Crippen molar-refractivity contribution in [3.63, 3.8) is 0 Å². The summed E-state index contributed by atoms with van der Waals surface area (Å²) in [7, 11) is 0. The smallest absolute Gasteiger partial charge is 0.264 e. The monoisotopic (exact) mass is 302 g/mol. The highest BCUT2D eigenvalue weighted by atomic mass is 16.2. The van der Waals surface area contributed by atoms with Crippen LogP contribution < -0.4 is 10.7 Å². The second-order valence-electron chi connectivity index (χ2n) is 6.27. The zero-order valence-electron chi connectivity index (χ0n) is 13.1. The van der Waals surface area contributed by atoms with Gasteiger partial charge in [0.1, 0.15) is 11.4 Å². The first-order chi connectivity index (χ1) is 10.4. The first-order valence-electron chi connectivity index (χ1n) is 7.34. The lowest BCUT2D eigenvalue weighted by molar-refractivity contribution is -0.155. The standard InChI is InChI=1S/C16H22N4O2/c1-11(2)9-16(3)15(22)20(19-16)14(17)8-12-4-6-13(7-5-12)18-10-21/h4-7,10-11,17,19H,8-9H2,1-3H3,(H,18,21). The van der Waals surface area contributed by atoms with Gasteiger partial charge in [0.2, 0.25) is 6.41 Å². The van der Waals surface area contributed by atoms with Crippen LogP contribution in [0.15, 0.2) is 24.3 Å². The maximum atomic E-state index is 12.3. The number of anilines is 1. The van der Waals surface area contributed by atoms with Gasteiger partial charge in [-0.2, -0.15) is 0 Å². The van der Waals surface area contributed by atoms with Crippen molar-refractivity contribution in [3.8, 4) is 0 Å². The molecule has 118 valence electrons. The van der Waals surface area contributed by atoms with Gasteiger partial charge >= 0.3 is 0 Å². The topological polar surface area (TPSA) is 85.3 Å². The number of amides is 2. The van der Waals surface area contributed by atoms with E-state index in [4.69, 9.17) is 5.41 Å². The number of amidine groups is 1. The number of hydrogen-bond acceptors (Lipinski definition) is 4. The molecule has 1 atom stereocenters. The predicted molar refractivity (Wildman–Crippen MR) is 85.4 cm³/mol. The van der Waals surface area contributed by atoms with Gasteiger partial charge in [-0.15, -0.1) is 0 Å². The highest BCUT2D eigenvalue weighted by Crippen LogP contribution is 2.27. The molecule has 1 heterocycles. The van der Waals surface area contributed by atoms with Crippen molar-refractivity contribution in [2.24, 2.45) is 5.92 Å². The van der Waals surface area contributed by atoms with Crippen LogP contribution in [0.3, 0.4) is 0 Å². The molecule has 0 spiro atoms. The summed E-state index contributed by atoms with van der Waals surface area (Å²) >= 11 is 0. The number of hydrazine groups is 1. The molecular weight excluding hydrogens is 280 g/mol. The molecule has 2 rings (SSSR count). The van der Waals surface area contributed by atoms with Crippen molar-refractivity contribution in [2.75, 3.05) is 5.32 Å². The minimum Gasteiger partial charge on any atom is -0.329 e. The molecule has 6 heteroatoms. The van der Waals surface area contributed by atoms with E-state index in [0.717, 1.165) is 12.0 Å². The Kier molecular flexibility index (Phi) is 4.61. The molecule has 0 aliphatic carbocycles. The number of rotatable bonds is 6. The van der Waals surface area contributed by atoms with Gasteiger partial charge in [0.05, 0.1) is 0 Å². The third-order valence-corrected chi connectivity index (χ3v) is 3.67. The largest absolute Gasteiger partial charge is 0.329 e. The van der Waals surface area contributed by atoms with E-state index in [0.29, 0.717) is 24.4 Å². The van der Waals surface area contributed by atoms with Crippen LogP contribution in [-0.2, 0) is 16.0 Å². The summed E-state index contributed by atoms with van der Waals surface area (Å²) in [6, 6.07) is 7.20. The Morgan fingerprint density at radius 2 is 2.05 bits per heavy atom. The van der Waals surface area contributed by atoms with E-state index >= 15 is 0 Å².